The van der Waals surface area contributed by atoms with Crippen LogP contribution in [-0.2, 0) is 9.59 Å². The molecular weight excluding hydrogens is 346 g/mol. The van der Waals surface area contributed by atoms with Gasteiger partial charge in [-0.25, -0.2) is 0 Å². The first-order valence-electron chi connectivity index (χ1n) is 9.45. The molecule has 0 radical (unpaired) electrons. The third-order valence-electron chi connectivity index (χ3n) is 4.94. The summed E-state index contributed by atoms with van der Waals surface area (Å²) in [7, 11) is 0. The first kappa shape index (κ1) is 19.0. The molecule has 0 saturated heterocycles. The fourth-order valence-corrected chi connectivity index (χ4v) is 4.32. The van der Waals surface area contributed by atoms with Crippen LogP contribution in [-0.4, -0.2) is 34.8 Å². The Morgan fingerprint density at radius 3 is 2.50 bits per heavy atom. The summed E-state index contributed by atoms with van der Waals surface area (Å²) < 4.78 is 0. The van der Waals surface area contributed by atoms with Crippen LogP contribution in [0.5, 0.6) is 0 Å². The summed E-state index contributed by atoms with van der Waals surface area (Å²) in [6.07, 6.45) is 7.04. The van der Waals surface area contributed by atoms with E-state index < -0.39 is 0 Å². The van der Waals surface area contributed by atoms with E-state index in [0.717, 1.165) is 24.1 Å². The topological polar surface area (TPSA) is 61.8 Å². The fourth-order valence-electron chi connectivity index (χ4n) is 3.38. The highest BCUT2D eigenvalue weighted by atomic mass is 32.2. The maximum Gasteiger partial charge on any atom is 0.254 e. The number of benzene rings is 1. The molecule has 1 saturated carbocycles. The summed E-state index contributed by atoms with van der Waals surface area (Å²) in [6, 6.07) is 8.08. The molecule has 26 heavy (non-hydrogen) atoms. The number of anilines is 1. The molecule has 1 aliphatic heterocycles. The molecule has 1 heterocycles. The Morgan fingerprint density at radius 2 is 1.85 bits per heavy atom. The van der Waals surface area contributed by atoms with E-state index >= 15 is 0 Å². The minimum absolute atomic E-state index is 0.0350. The lowest BCUT2D eigenvalue weighted by atomic mass is 10.1. The largest absolute Gasteiger partial charge is 0.352 e. The number of aliphatic imine (C=N–C) groups is 1. The van der Waals surface area contributed by atoms with Gasteiger partial charge < -0.3 is 5.32 Å². The Bertz CT molecular complexity index is 679. The molecule has 2 aliphatic rings. The number of nitrogens with zero attached hydrogens (tertiary/aromatic N) is 2. The molecule has 140 valence electrons. The average molecular weight is 374 g/mol. The highest BCUT2D eigenvalue weighted by Gasteiger charge is 2.30. The maximum absolute atomic E-state index is 12.6. The number of carbonyl (C=O) groups excluding carboxylic acids is 2. The van der Waals surface area contributed by atoms with E-state index in [0.29, 0.717) is 5.17 Å². The van der Waals surface area contributed by atoms with Crippen LogP contribution in [0, 0.1) is 6.92 Å². The van der Waals surface area contributed by atoms with Gasteiger partial charge in [0.25, 0.3) is 5.91 Å². The van der Waals surface area contributed by atoms with Crippen molar-refractivity contribution < 1.29 is 9.59 Å². The van der Waals surface area contributed by atoms with E-state index in [4.69, 9.17) is 0 Å². The van der Waals surface area contributed by atoms with Crippen LogP contribution in [0.4, 0.5) is 5.69 Å². The van der Waals surface area contributed by atoms with Gasteiger partial charge in [-0.1, -0.05) is 55.1 Å². The van der Waals surface area contributed by atoms with Crippen molar-refractivity contribution in [3.8, 4) is 0 Å². The molecule has 1 N–H and O–H groups in total. The summed E-state index contributed by atoms with van der Waals surface area (Å²) in [5.74, 6) is -0.0134. The van der Waals surface area contributed by atoms with Crippen LogP contribution in [0.2, 0.25) is 0 Å². The monoisotopic (exact) mass is 373 g/mol. The first-order chi connectivity index (χ1) is 12.5. The second-order valence-corrected chi connectivity index (χ2v) is 8.43. The van der Waals surface area contributed by atoms with Gasteiger partial charge in [0.05, 0.1) is 10.9 Å². The second kappa shape index (κ2) is 8.71. The molecule has 1 aliphatic carbocycles. The number of hydrogen-bond donors (Lipinski definition) is 1. The SMILES string of the molecule is Cc1ccc(N2C(=O)CN=C2S[C@H](C)C(=O)NC2CCCCCC2)cc1. The second-order valence-electron chi connectivity index (χ2n) is 7.12. The van der Waals surface area contributed by atoms with Gasteiger partial charge in [0.2, 0.25) is 5.91 Å². The van der Waals surface area contributed by atoms with E-state index in [1.165, 1.54) is 37.4 Å². The first-order valence-corrected chi connectivity index (χ1v) is 10.3. The van der Waals surface area contributed by atoms with Gasteiger partial charge in [0.1, 0.15) is 6.54 Å². The third-order valence-corrected chi connectivity index (χ3v) is 6.03. The molecule has 0 bridgehead atoms. The lowest BCUT2D eigenvalue weighted by Gasteiger charge is -2.22. The van der Waals surface area contributed by atoms with Crippen molar-refractivity contribution in [3.63, 3.8) is 0 Å². The Balaban J connectivity index is 1.61. The normalized spacial score (nSPS) is 19.8. The van der Waals surface area contributed by atoms with E-state index in [9.17, 15) is 9.59 Å². The highest BCUT2D eigenvalue weighted by molar-refractivity contribution is 8.15. The molecule has 1 atom stereocenters. The standard InChI is InChI=1S/C20H27N3O2S/c1-14-9-11-17(12-10-14)23-18(24)13-21-20(23)26-15(2)19(25)22-16-7-5-3-4-6-8-16/h9-12,15-16H,3-8,13H2,1-2H3,(H,22,25)/t15-/m1/s1. The van der Waals surface area contributed by atoms with Crippen molar-refractivity contribution in [2.24, 2.45) is 4.99 Å². The zero-order valence-electron chi connectivity index (χ0n) is 15.5. The van der Waals surface area contributed by atoms with Gasteiger partial charge >= 0.3 is 0 Å². The number of amides is 2. The average Bonchev–Trinajstić information content (AvgIpc) is 2.83. The molecule has 0 aromatic heterocycles. The van der Waals surface area contributed by atoms with Crippen molar-refractivity contribution in [2.75, 3.05) is 11.4 Å². The Labute approximate surface area is 159 Å². The van der Waals surface area contributed by atoms with E-state index in [1.54, 1.807) is 4.90 Å². The van der Waals surface area contributed by atoms with Crippen molar-refractivity contribution in [2.45, 2.75) is 63.7 Å². The predicted molar refractivity (Wildman–Crippen MR) is 108 cm³/mol. The molecule has 1 fully saturated rings. The van der Waals surface area contributed by atoms with Crippen LogP contribution in [0.3, 0.4) is 0 Å². The number of carbonyl (C=O) groups is 2. The molecule has 3 rings (SSSR count). The summed E-state index contributed by atoms with van der Waals surface area (Å²) >= 11 is 1.36. The number of nitrogens with one attached hydrogen (secondary N) is 1. The zero-order valence-corrected chi connectivity index (χ0v) is 16.3. The highest BCUT2D eigenvalue weighted by Crippen LogP contribution is 2.27. The summed E-state index contributed by atoms with van der Waals surface area (Å²) in [6.45, 7) is 4.04. The van der Waals surface area contributed by atoms with Gasteiger partial charge in [0, 0.05) is 6.04 Å². The molecular formula is C20H27N3O2S. The van der Waals surface area contributed by atoms with Gasteiger partial charge in [-0.3, -0.25) is 19.5 Å². The molecule has 6 heteroatoms. The van der Waals surface area contributed by atoms with E-state index in [2.05, 4.69) is 10.3 Å². The number of amidine groups is 1. The quantitative estimate of drug-likeness (QED) is 0.820. The van der Waals surface area contributed by atoms with Gasteiger partial charge in [-0.05, 0) is 38.8 Å². The van der Waals surface area contributed by atoms with Crippen molar-refractivity contribution in [3.05, 3.63) is 29.8 Å². The van der Waals surface area contributed by atoms with Crippen LogP contribution in [0.25, 0.3) is 0 Å². The lowest BCUT2D eigenvalue weighted by Crippen LogP contribution is -2.40. The summed E-state index contributed by atoms with van der Waals surface area (Å²) in [4.78, 5) is 30.8. The Morgan fingerprint density at radius 1 is 1.19 bits per heavy atom. The fraction of sp³-hybridized carbons (Fsp3) is 0.550. The maximum atomic E-state index is 12.6. The van der Waals surface area contributed by atoms with Gasteiger partial charge in [-0.2, -0.15) is 0 Å². The Kier molecular flexibility index (Phi) is 6.35. The third kappa shape index (κ3) is 4.67. The van der Waals surface area contributed by atoms with Crippen LogP contribution in [0.1, 0.15) is 51.0 Å². The van der Waals surface area contributed by atoms with Crippen molar-refractivity contribution in [1.29, 1.82) is 0 Å². The van der Waals surface area contributed by atoms with Crippen LogP contribution in [0.15, 0.2) is 29.3 Å². The number of hydrogen-bond acceptors (Lipinski definition) is 4. The molecule has 0 unspecified atom stereocenters. The molecule has 5 nitrogen and oxygen atoms in total. The number of rotatable bonds is 4. The van der Waals surface area contributed by atoms with Gasteiger partial charge in [0.15, 0.2) is 5.17 Å². The predicted octanol–water partition coefficient (Wildman–Crippen LogP) is 3.66. The minimum atomic E-state index is -0.282. The van der Waals surface area contributed by atoms with Crippen LogP contribution < -0.4 is 10.2 Å². The van der Waals surface area contributed by atoms with Crippen molar-refractivity contribution in [1.82, 2.24) is 5.32 Å². The zero-order chi connectivity index (χ0) is 18.5. The molecule has 1 aromatic carbocycles. The molecule has 0 spiro atoms. The summed E-state index contributed by atoms with van der Waals surface area (Å²) in [5, 5.41) is 3.52. The van der Waals surface area contributed by atoms with E-state index in [1.807, 2.05) is 38.1 Å². The van der Waals surface area contributed by atoms with Crippen LogP contribution >= 0.6 is 11.8 Å². The number of thioether (sulfide) groups is 1. The van der Waals surface area contributed by atoms with Crippen molar-refractivity contribution >= 4 is 34.4 Å². The van der Waals surface area contributed by atoms with Gasteiger partial charge in [-0.15, -0.1) is 0 Å². The molecule has 2 amide bonds. The lowest BCUT2D eigenvalue weighted by molar-refractivity contribution is -0.121. The summed E-state index contributed by atoms with van der Waals surface area (Å²) in [5.41, 5.74) is 1.95. The number of aryl methyl sites for hydroxylation is 1. The Hall–Kier alpha value is -1.82. The van der Waals surface area contributed by atoms with E-state index in [-0.39, 0.29) is 29.7 Å². The molecule has 1 aromatic rings. The smallest absolute Gasteiger partial charge is 0.254 e. The minimum Gasteiger partial charge on any atom is -0.352 e.